The molecule has 1 aliphatic heterocycles. The number of carbonyl (C=O) groups excluding carboxylic acids is 1. The fourth-order valence-corrected chi connectivity index (χ4v) is 2.35. The van der Waals surface area contributed by atoms with Crippen LogP contribution in [0, 0.1) is 10.1 Å². The summed E-state index contributed by atoms with van der Waals surface area (Å²) in [5.41, 5.74) is 5.94. The molecule has 1 amide bonds. The van der Waals surface area contributed by atoms with Crippen LogP contribution in [0.4, 0.5) is 11.4 Å². The highest BCUT2D eigenvalue weighted by molar-refractivity contribution is 5.81. The van der Waals surface area contributed by atoms with Crippen molar-refractivity contribution in [2.24, 2.45) is 5.73 Å². The maximum atomic E-state index is 11.9. The van der Waals surface area contributed by atoms with Crippen LogP contribution < -0.4 is 16.4 Å². The number of hydrogen-bond donors (Lipinski definition) is 3. The number of carbonyl (C=O) groups is 1. The minimum Gasteiger partial charge on any atom is -0.378 e. The van der Waals surface area contributed by atoms with E-state index in [1.165, 1.54) is 6.07 Å². The van der Waals surface area contributed by atoms with Gasteiger partial charge in [0.25, 0.3) is 5.69 Å². The number of hydrogen-bond acceptors (Lipinski definition) is 6. The van der Waals surface area contributed by atoms with Crippen LogP contribution in [-0.4, -0.2) is 42.7 Å². The zero-order valence-corrected chi connectivity index (χ0v) is 12.2. The average molecular weight is 308 g/mol. The van der Waals surface area contributed by atoms with E-state index in [-0.39, 0.29) is 17.7 Å². The molecule has 1 heterocycles. The molecule has 0 bridgehead atoms. The summed E-state index contributed by atoms with van der Waals surface area (Å²) in [5, 5.41) is 16.6. The Morgan fingerprint density at radius 1 is 1.36 bits per heavy atom. The van der Waals surface area contributed by atoms with Crippen molar-refractivity contribution in [3.63, 3.8) is 0 Å². The van der Waals surface area contributed by atoms with E-state index in [4.69, 9.17) is 10.5 Å². The van der Waals surface area contributed by atoms with Gasteiger partial charge in [-0.05, 0) is 18.9 Å². The van der Waals surface area contributed by atoms with Gasteiger partial charge in [0.15, 0.2) is 0 Å². The summed E-state index contributed by atoms with van der Waals surface area (Å²) < 4.78 is 5.49. The molecule has 1 saturated heterocycles. The van der Waals surface area contributed by atoms with Crippen LogP contribution in [0.25, 0.3) is 0 Å². The Morgan fingerprint density at radius 2 is 2.14 bits per heavy atom. The number of para-hydroxylation sites is 2. The molecule has 0 spiro atoms. The van der Waals surface area contributed by atoms with E-state index in [1.54, 1.807) is 18.2 Å². The highest BCUT2D eigenvalue weighted by atomic mass is 16.6. The van der Waals surface area contributed by atoms with Crippen LogP contribution in [0.1, 0.15) is 12.8 Å². The molecular weight excluding hydrogens is 288 g/mol. The molecular formula is C14H20N4O4. The van der Waals surface area contributed by atoms with Crippen LogP contribution >= 0.6 is 0 Å². The SMILES string of the molecule is NC[C@H]1CC[C@@H](C(=O)NCCNc2ccccc2[N+](=O)[O-])O1. The maximum Gasteiger partial charge on any atom is 0.292 e. The Balaban J connectivity index is 1.74. The third-order valence-corrected chi connectivity index (χ3v) is 3.50. The van der Waals surface area contributed by atoms with Gasteiger partial charge >= 0.3 is 0 Å². The quantitative estimate of drug-likeness (QED) is 0.386. The fourth-order valence-electron chi connectivity index (χ4n) is 2.35. The first-order chi connectivity index (χ1) is 10.6. The van der Waals surface area contributed by atoms with E-state index < -0.39 is 11.0 Å². The molecule has 0 aliphatic carbocycles. The normalized spacial score (nSPS) is 20.6. The third kappa shape index (κ3) is 4.15. The van der Waals surface area contributed by atoms with Gasteiger partial charge in [-0.3, -0.25) is 14.9 Å². The zero-order chi connectivity index (χ0) is 15.9. The summed E-state index contributed by atoms with van der Waals surface area (Å²) in [6, 6.07) is 6.38. The molecule has 0 radical (unpaired) electrons. The Morgan fingerprint density at radius 3 is 2.82 bits per heavy atom. The molecule has 2 rings (SSSR count). The average Bonchev–Trinajstić information content (AvgIpc) is 3.00. The lowest BCUT2D eigenvalue weighted by atomic mass is 10.2. The number of anilines is 1. The Labute approximate surface area is 128 Å². The number of nitro benzene ring substituents is 1. The van der Waals surface area contributed by atoms with E-state index in [0.717, 1.165) is 6.42 Å². The van der Waals surface area contributed by atoms with Gasteiger partial charge in [0, 0.05) is 25.7 Å². The van der Waals surface area contributed by atoms with Crippen LogP contribution in [0.5, 0.6) is 0 Å². The van der Waals surface area contributed by atoms with Gasteiger partial charge in [0.05, 0.1) is 11.0 Å². The predicted molar refractivity (Wildman–Crippen MR) is 81.5 cm³/mol. The van der Waals surface area contributed by atoms with Crippen LogP contribution in [0.2, 0.25) is 0 Å². The number of ether oxygens (including phenoxy) is 1. The van der Waals surface area contributed by atoms with Gasteiger partial charge in [-0.2, -0.15) is 0 Å². The summed E-state index contributed by atoms with van der Waals surface area (Å²) >= 11 is 0. The first-order valence-electron chi connectivity index (χ1n) is 7.22. The van der Waals surface area contributed by atoms with Gasteiger partial charge < -0.3 is 21.1 Å². The lowest BCUT2D eigenvalue weighted by Gasteiger charge is -2.13. The van der Waals surface area contributed by atoms with Gasteiger partial charge in [-0.1, -0.05) is 12.1 Å². The van der Waals surface area contributed by atoms with Crippen molar-refractivity contribution in [2.45, 2.75) is 25.0 Å². The lowest BCUT2D eigenvalue weighted by molar-refractivity contribution is -0.384. The number of nitrogens with zero attached hydrogens (tertiary/aromatic N) is 1. The predicted octanol–water partition coefficient (Wildman–Crippen LogP) is 0.629. The van der Waals surface area contributed by atoms with Crippen molar-refractivity contribution in [1.29, 1.82) is 0 Å². The molecule has 0 aromatic heterocycles. The lowest BCUT2D eigenvalue weighted by Crippen LogP contribution is -2.37. The second-order valence-electron chi connectivity index (χ2n) is 5.05. The highest BCUT2D eigenvalue weighted by Crippen LogP contribution is 2.22. The first kappa shape index (κ1) is 16.2. The second-order valence-corrected chi connectivity index (χ2v) is 5.05. The molecule has 4 N–H and O–H groups in total. The molecule has 1 fully saturated rings. The van der Waals surface area contributed by atoms with E-state index in [1.807, 2.05) is 0 Å². The van der Waals surface area contributed by atoms with Crippen molar-refractivity contribution in [2.75, 3.05) is 25.0 Å². The first-order valence-corrected chi connectivity index (χ1v) is 7.22. The zero-order valence-electron chi connectivity index (χ0n) is 12.2. The number of nitro groups is 1. The summed E-state index contributed by atoms with van der Waals surface area (Å²) in [6.45, 7) is 1.17. The molecule has 1 aromatic carbocycles. The van der Waals surface area contributed by atoms with Gasteiger partial charge in [0.2, 0.25) is 5.91 Å². The van der Waals surface area contributed by atoms with Crippen molar-refractivity contribution in [1.82, 2.24) is 5.32 Å². The van der Waals surface area contributed by atoms with Gasteiger partial charge in [-0.15, -0.1) is 0 Å². The van der Waals surface area contributed by atoms with Crippen molar-refractivity contribution in [3.8, 4) is 0 Å². The van der Waals surface area contributed by atoms with Crippen LogP contribution in [-0.2, 0) is 9.53 Å². The number of amides is 1. The second kappa shape index (κ2) is 7.71. The summed E-state index contributed by atoms with van der Waals surface area (Å²) in [7, 11) is 0. The largest absolute Gasteiger partial charge is 0.378 e. The summed E-state index contributed by atoms with van der Waals surface area (Å²) in [4.78, 5) is 22.3. The van der Waals surface area contributed by atoms with E-state index in [9.17, 15) is 14.9 Å². The van der Waals surface area contributed by atoms with Crippen LogP contribution in [0.3, 0.4) is 0 Å². The Bertz CT molecular complexity index is 537. The third-order valence-electron chi connectivity index (χ3n) is 3.50. The highest BCUT2D eigenvalue weighted by Gasteiger charge is 2.29. The van der Waals surface area contributed by atoms with Crippen molar-refractivity contribution in [3.05, 3.63) is 34.4 Å². The Hall–Kier alpha value is -2.19. The van der Waals surface area contributed by atoms with Gasteiger partial charge in [0.1, 0.15) is 11.8 Å². The molecule has 22 heavy (non-hydrogen) atoms. The fraction of sp³-hybridized carbons (Fsp3) is 0.500. The molecule has 0 unspecified atom stereocenters. The molecule has 1 aliphatic rings. The molecule has 8 nitrogen and oxygen atoms in total. The minimum atomic E-state index is -0.445. The van der Waals surface area contributed by atoms with E-state index >= 15 is 0 Å². The number of rotatable bonds is 7. The van der Waals surface area contributed by atoms with E-state index in [2.05, 4.69) is 10.6 Å². The number of nitrogens with one attached hydrogen (secondary N) is 2. The minimum absolute atomic E-state index is 0.0127. The number of nitrogens with two attached hydrogens (primary N) is 1. The van der Waals surface area contributed by atoms with Crippen LogP contribution in [0.15, 0.2) is 24.3 Å². The molecule has 120 valence electrons. The van der Waals surface area contributed by atoms with Crippen molar-refractivity contribution < 1.29 is 14.5 Å². The number of benzene rings is 1. The molecule has 2 atom stereocenters. The van der Waals surface area contributed by atoms with Crippen molar-refractivity contribution >= 4 is 17.3 Å². The summed E-state index contributed by atoms with van der Waals surface area (Å²) in [6.07, 6.45) is 0.981. The summed E-state index contributed by atoms with van der Waals surface area (Å²) in [5.74, 6) is -0.166. The maximum absolute atomic E-state index is 11.9. The molecule has 8 heteroatoms. The molecule has 1 aromatic rings. The van der Waals surface area contributed by atoms with E-state index in [0.29, 0.717) is 31.7 Å². The molecule has 0 saturated carbocycles. The van der Waals surface area contributed by atoms with Gasteiger partial charge in [-0.25, -0.2) is 0 Å². The topological polar surface area (TPSA) is 120 Å². The standard InChI is InChI=1S/C14H20N4O4/c15-9-10-5-6-13(22-10)14(19)17-8-7-16-11-3-1-2-4-12(11)18(20)21/h1-4,10,13,16H,5-9,15H2,(H,17,19)/t10-,13+/m1/s1. The smallest absolute Gasteiger partial charge is 0.292 e. The Kier molecular flexibility index (Phi) is 5.68. The monoisotopic (exact) mass is 308 g/mol.